The van der Waals surface area contributed by atoms with Crippen LogP contribution in [-0.2, 0) is 5.41 Å². The van der Waals surface area contributed by atoms with E-state index < -0.39 is 0 Å². The van der Waals surface area contributed by atoms with E-state index in [0.717, 1.165) is 17.8 Å². The van der Waals surface area contributed by atoms with E-state index in [0.29, 0.717) is 5.41 Å². The Morgan fingerprint density at radius 2 is 1.88 bits per heavy atom. The first-order valence-corrected chi connectivity index (χ1v) is 6.96. The van der Waals surface area contributed by atoms with Gasteiger partial charge in [-0.2, -0.15) is 0 Å². The fourth-order valence-electron chi connectivity index (χ4n) is 5.30. The highest BCUT2D eigenvalue weighted by atomic mass is 14.6. The lowest BCUT2D eigenvalue weighted by molar-refractivity contribution is 0.226. The van der Waals surface area contributed by atoms with Crippen LogP contribution in [0.15, 0.2) is 30.3 Å². The van der Waals surface area contributed by atoms with Gasteiger partial charge in [-0.25, -0.2) is 0 Å². The highest BCUT2D eigenvalue weighted by molar-refractivity contribution is 5.32. The van der Waals surface area contributed by atoms with Crippen molar-refractivity contribution < 1.29 is 0 Å². The van der Waals surface area contributed by atoms with Crippen LogP contribution in [0.2, 0.25) is 0 Å². The van der Waals surface area contributed by atoms with Crippen molar-refractivity contribution in [2.24, 2.45) is 17.8 Å². The average molecular weight is 212 g/mol. The third-order valence-electron chi connectivity index (χ3n) is 5.82. The van der Waals surface area contributed by atoms with E-state index in [4.69, 9.17) is 0 Å². The Kier molecular flexibility index (Phi) is 1.81. The maximum Gasteiger partial charge on any atom is -0.00132 e. The molecule has 0 amide bonds. The molecule has 0 heterocycles. The first-order chi connectivity index (χ1) is 7.90. The molecular formula is C16H20. The summed E-state index contributed by atoms with van der Waals surface area (Å²) in [5.74, 6) is 3.20. The van der Waals surface area contributed by atoms with E-state index in [2.05, 4.69) is 30.3 Å². The molecule has 0 radical (unpaired) electrons. The molecule has 0 spiro atoms. The number of hydrogen-bond donors (Lipinski definition) is 0. The normalized spacial score (nSPS) is 44.9. The maximum absolute atomic E-state index is 2.39. The summed E-state index contributed by atoms with van der Waals surface area (Å²) < 4.78 is 0. The summed E-state index contributed by atoms with van der Waals surface area (Å²) in [5, 5.41) is 0. The van der Waals surface area contributed by atoms with Crippen molar-refractivity contribution in [3.63, 3.8) is 0 Å². The summed E-state index contributed by atoms with van der Waals surface area (Å²) in [6.45, 7) is 0. The van der Waals surface area contributed by atoms with Crippen molar-refractivity contribution in [2.75, 3.05) is 0 Å². The summed E-state index contributed by atoms with van der Waals surface area (Å²) in [6, 6.07) is 11.4. The second-order valence-electron chi connectivity index (χ2n) is 6.23. The van der Waals surface area contributed by atoms with E-state index in [-0.39, 0.29) is 0 Å². The van der Waals surface area contributed by atoms with E-state index in [9.17, 15) is 0 Å². The Hall–Kier alpha value is -0.780. The summed E-state index contributed by atoms with van der Waals surface area (Å²) in [4.78, 5) is 0. The molecular weight excluding hydrogens is 192 g/mol. The van der Waals surface area contributed by atoms with Gasteiger partial charge in [0.05, 0.1) is 0 Å². The second kappa shape index (κ2) is 3.12. The van der Waals surface area contributed by atoms with Crippen LogP contribution in [0.5, 0.6) is 0 Å². The molecule has 2 bridgehead atoms. The zero-order chi connectivity index (χ0) is 10.6. The molecule has 0 N–H and O–H groups in total. The third-order valence-corrected chi connectivity index (χ3v) is 5.82. The average Bonchev–Trinajstić information content (AvgIpc) is 3.03. The first kappa shape index (κ1) is 9.27. The van der Waals surface area contributed by atoms with Gasteiger partial charge in [0, 0.05) is 0 Å². The minimum atomic E-state index is 0.604. The van der Waals surface area contributed by atoms with Crippen molar-refractivity contribution in [1.29, 1.82) is 0 Å². The summed E-state index contributed by atoms with van der Waals surface area (Å²) in [5.41, 5.74) is 2.26. The van der Waals surface area contributed by atoms with E-state index in [1.165, 1.54) is 38.5 Å². The van der Waals surface area contributed by atoms with Gasteiger partial charge >= 0.3 is 0 Å². The second-order valence-corrected chi connectivity index (χ2v) is 6.23. The maximum atomic E-state index is 2.39. The molecule has 4 rings (SSSR count). The zero-order valence-corrected chi connectivity index (χ0v) is 9.86. The smallest absolute Gasteiger partial charge is 0.00132 e. The van der Waals surface area contributed by atoms with Crippen molar-refractivity contribution in [3.05, 3.63) is 35.9 Å². The van der Waals surface area contributed by atoms with Crippen LogP contribution in [0.4, 0.5) is 0 Å². The highest BCUT2D eigenvalue weighted by Crippen LogP contribution is 2.66. The minimum Gasteiger partial charge on any atom is -0.0622 e. The number of hydrogen-bond acceptors (Lipinski definition) is 0. The molecule has 3 saturated carbocycles. The largest absolute Gasteiger partial charge is 0.0622 e. The lowest BCUT2D eigenvalue weighted by Crippen LogP contribution is -2.31. The van der Waals surface area contributed by atoms with Crippen LogP contribution < -0.4 is 0 Å². The number of rotatable bonds is 1. The molecule has 3 fully saturated rings. The van der Waals surface area contributed by atoms with Crippen molar-refractivity contribution in [1.82, 2.24) is 0 Å². The van der Waals surface area contributed by atoms with Gasteiger partial charge < -0.3 is 0 Å². The Morgan fingerprint density at radius 3 is 2.75 bits per heavy atom. The number of benzene rings is 1. The Bertz CT molecular complexity index is 394. The monoisotopic (exact) mass is 212 g/mol. The standard InChI is InChI=1S/C16H20/c1-2-5-13(6-3-1)16-10-9-12(11-16)14-7-4-8-15(14)16/h1-3,5-6,12,14-15H,4,7-11H2. The molecule has 4 atom stereocenters. The molecule has 84 valence electrons. The molecule has 1 aromatic rings. The number of fused-ring (bicyclic) bond motifs is 5. The minimum absolute atomic E-state index is 0.604. The fourth-order valence-corrected chi connectivity index (χ4v) is 5.30. The van der Waals surface area contributed by atoms with E-state index >= 15 is 0 Å². The Balaban J connectivity index is 1.81. The summed E-state index contributed by atoms with van der Waals surface area (Å²) in [7, 11) is 0. The van der Waals surface area contributed by atoms with Gasteiger partial charge in [0.2, 0.25) is 0 Å². The van der Waals surface area contributed by atoms with Gasteiger partial charge in [0.1, 0.15) is 0 Å². The van der Waals surface area contributed by atoms with Crippen LogP contribution in [0, 0.1) is 17.8 Å². The molecule has 16 heavy (non-hydrogen) atoms. The Labute approximate surface area is 98.1 Å². The Morgan fingerprint density at radius 1 is 1.00 bits per heavy atom. The van der Waals surface area contributed by atoms with Gasteiger partial charge in [-0.1, -0.05) is 36.8 Å². The highest BCUT2D eigenvalue weighted by Gasteiger charge is 2.58. The van der Waals surface area contributed by atoms with Crippen LogP contribution in [0.1, 0.15) is 44.1 Å². The van der Waals surface area contributed by atoms with Gasteiger partial charge in [0.25, 0.3) is 0 Å². The molecule has 0 nitrogen and oxygen atoms in total. The predicted octanol–water partition coefficient (Wildman–Crippen LogP) is 4.15. The van der Waals surface area contributed by atoms with Crippen LogP contribution in [0.3, 0.4) is 0 Å². The molecule has 0 heteroatoms. The van der Waals surface area contributed by atoms with E-state index in [1.54, 1.807) is 5.56 Å². The molecule has 4 unspecified atom stereocenters. The van der Waals surface area contributed by atoms with E-state index in [1.807, 2.05) is 0 Å². The molecule has 3 aliphatic carbocycles. The van der Waals surface area contributed by atoms with Gasteiger partial charge in [-0.05, 0) is 60.8 Å². The lowest BCUT2D eigenvalue weighted by atomic mass is 9.68. The first-order valence-electron chi connectivity index (χ1n) is 6.96. The summed E-state index contributed by atoms with van der Waals surface area (Å²) >= 11 is 0. The molecule has 0 aromatic heterocycles. The van der Waals surface area contributed by atoms with Gasteiger partial charge in [0.15, 0.2) is 0 Å². The van der Waals surface area contributed by atoms with Crippen LogP contribution in [-0.4, -0.2) is 0 Å². The van der Waals surface area contributed by atoms with Gasteiger partial charge in [-0.15, -0.1) is 0 Å². The third kappa shape index (κ3) is 1.01. The zero-order valence-electron chi connectivity index (χ0n) is 9.86. The van der Waals surface area contributed by atoms with Gasteiger partial charge in [-0.3, -0.25) is 0 Å². The van der Waals surface area contributed by atoms with Crippen molar-refractivity contribution in [2.45, 2.75) is 43.9 Å². The SMILES string of the molecule is c1ccc(C23CCC(C2)C2CCCC23)cc1. The van der Waals surface area contributed by atoms with Crippen LogP contribution >= 0.6 is 0 Å². The van der Waals surface area contributed by atoms with Crippen molar-refractivity contribution >= 4 is 0 Å². The quantitative estimate of drug-likeness (QED) is 0.656. The fraction of sp³-hybridized carbons (Fsp3) is 0.625. The molecule has 0 saturated heterocycles. The predicted molar refractivity (Wildman–Crippen MR) is 66.3 cm³/mol. The summed E-state index contributed by atoms with van der Waals surface area (Å²) in [6.07, 6.45) is 9.03. The molecule has 3 aliphatic rings. The van der Waals surface area contributed by atoms with Crippen LogP contribution in [0.25, 0.3) is 0 Å². The molecule has 0 aliphatic heterocycles. The molecule has 1 aromatic carbocycles. The lowest BCUT2D eigenvalue weighted by Gasteiger charge is -2.36. The van der Waals surface area contributed by atoms with Crippen molar-refractivity contribution in [3.8, 4) is 0 Å². The topological polar surface area (TPSA) is 0 Å².